The molecular formula is C16H30N2O3. The molecule has 0 aliphatic carbocycles. The molecule has 1 amide bonds. The van der Waals surface area contributed by atoms with Gasteiger partial charge in [0.05, 0.1) is 5.60 Å². The van der Waals surface area contributed by atoms with Gasteiger partial charge in [0.2, 0.25) is 5.91 Å². The van der Waals surface area contributed by atoms with Crippen LogP contribution in [0.3, 0.4) is 0 Å². The van der Waals surface area contributed by atoms with Gasteiger partial charge in [0.1, 0.15) is 6.61 Å². The Morgan fingerprint density at radius 2 is 1.86 bits per heavy atom. The molecule has 0 spiro atoms. The van der Waals surface area contributed by atoms with Crippen LogP contribution in [-0.4, -0.2) is 72.4 Å². The number of hydrogen-bond donors (Lipinski definition) is 1. The van der Waals surface area contributed by atoms with Crippen molar-refractivity contribution in [2.75, 3.05) is 45.9 Å². The molecule has 2 rings (SSSR count). The molecule has 1 N–H and O–H groups in total. The number of piperidine rings is 1. The molecule has 0 atom stereocenters. The molecule has 2 fully saturated rings. The minimum absolute atomic E-state index is 0.0642. The van der Waals surface area contributed by atoms with Crippen molar-refractivity contribution in [2.45, 2.75) is 51.0 Å². The van der Waals surface area contributed by atoms with Crippen molar-refractivity contribution in [2.24, 2.45) is 0 Å². The fraction of sp³-hybridized carbons (Fsp3) is 0.938. The molecular weight excluding hydrogens is 268 g/mol. The molecule has 0 aromatic carbocycles. The summed E-state index contributed by atoms with van der Waals surface area (Å²) >= 11 is 0. The topological polar surface area (TPSA) is 53.0 Å². The predicted molar refractivity (Wildman–Crippen MR) is 82.2 cm³/mol. The van der Waals surface area contributed by atoms with Gasteiger partial charge >= 0.3 is 0 Å². The minimum atomic E-state index is -0.607. The molecule has 0 unspecified atom stereocenters. The molecule has 0 bridgehead atoms. The molecule has 2 heterocycles. The third-order valence-corrected chi connectivity index (χ3v) is 4.63. The highest BCUT2D eigenvalue weighted by Crippen LogP contribution is 2.25. The number of ether oxygens (including phenoxy) is 1. The predicted octanol–water partition coefficient (Wildman–Crippen LogP) is 1.25. The molecule has 2 aliphatic heterocycles. The maximum atomic E-state index is 12.0. The van der Waals surface area contributed by atoms with Crippen molar-refractivity contribution in [1.82, 2.24) is 9.80 Å². The summed E-state index contributed by atoms with van der Waals surface area (Å²) in [4.78, 5) is 16.2. The van der Waals surface area contributed by atoms with Gasteiger partial charge in [0.15, 0.2) is 0 Å². The molecule has 0 saturated carbocycles. The van der Waals surface area contributed by atoms with Gasteiger partial charge in [-0.15, -0.1) is 0 Å². The van der Waals surface area contributed by atoms with Crippen molar-refractivity contribution in [1.29, 1.82) is 0 Å². The van der Waals surface area contributed by atoms with Crippen molar-refractivity contribution in [3.63, 3.8) is 0 Å². The second-order valence-corrected chi connectivity index (χ2v) is 6.49. The fourth-order valence-corrected chi connectivity index (χ4v) is 3.18. The smallest absolute Gasteiger partial charge is 0.248 e. The number of carbonyl (C=O) groups is 1. The van der Waals surface area contributed by atoms with Gasteiger partial charge in [-0.2, -0.15) is 0 Å². The van der Waals surface area contributed by atoms with Gasteiger partial charge in [-0.3, -0.25) is 4.79 Å². The Bertz CT molecular complexity index is 321. The Kier molecular flexibility index (Phi) is 6.45. The number of nitrogens with zero attached hydrogens (tertiary/aromatic N) is 2. The lowest BCUT2D eigenvalue weighted by Gasteiger charge is -2.40. The third kappa shape index (κ3) is 5.24. The summed E-state index contributed by atoms with van der Waals surface area (Å²) in [6.07, 6.45) is 5.95. The van der Waals surface area contributed by atoms with Crippen molar-refractivity contribution in [3.05, 3.63) is 0 Å². The van der Waals surface area contributed by atoms with Crippen LogP contribution in [0.15, 0.2) is 0 Å². The lowest BCUT2D eigenvalue weighted by atomic mass is 9.91. The van der Waals surface area contributed by atoms with Crippen LogP contribution in [0.25, 0.3) is 0 Å². The summed E-state index contributed by atoms with van der Waals surface area (Å²) in [5, 5.41) is 10.7. The van der Waals surface area contributed by atoms with Crippen LogP contribution in [0.4, 0.5) is 0 Å². The van der Waals surface area contributed by atoms with Crippen LogP contribution in [0.1, 0.15) is 45.4 Å². The normalized spacial score (nSPS) is 22.7. The molecule has 5 nitrogen and oxygen atoms in total. The average molecular weight is 298 g/mol. The maximum Gasteiger partial charge on any atom is 0.248 e. The van der Waals surface area contributed by atoms with Crippen LogP contribution in [0.5, 0.6) is 0 Å². The third-order valence-electron chi connectivity index (χ3n) is 4.63. The number of likely N-dealkylation sites (tertiary alicyclic amines) is 2. The highest BCUT2D eigenvalue weighted by Gasteiger charge is 2.35. The zero-order valence-corrected chi connectivity index (χ0v) is 13.4. The van der Waals surface area contributed by atoms with Crippen LogP contribution >= 0.6 is 0 Å². The van der Waals surface area contributed by atoms with Gasteiger partial charge in [-0.25, -0.2) is 0 Å². The number of β-amino-alcohol motifs (C(OH)–C–C–N with tert-alkyl or cyclic N) is 1. The zero-order valence-electron chi connectivity index (χ0n) is 13.4. The highest BCUT2D eigenvalue weighted by molar-refractivity contribution is 5.77. The van der Waals surface area contributed by atoms with E-state index in [1.165, 1.54) is 12.8 Å². The van der Waals surface area contributed by atoms with E-state index in [2.05, 4.69) is 11.8 Å². The fourth-order valence-electron chi connectivity index (χ4n) is 3.18. The molecule has 0 aromatic heterocycles. The average Bonchev–Trinajstić information content (AvgIpc) is 2.96. The number of unbranched alkanes of at least 4 members (excludes halogenated alkanes) is 1. The van der Waals surface area contributed by atoms with E-state index in [9.17, 15) is 9.90 Å². The summed E-state index contributed by atoms with van der Waals surface area (Å²) in [5.41, 5.74) is -0.607. The van der Waals surface area contributed by atoms with E-state index < -0.39 is 5.60 Å². The molecule has 0 aromatic rings. The second kappa shape index (κ2) is 8.11. The van der Waals surface area contributed by atoms with E-state index in [4.69, 9.17) is 4.74 Å². The SMILES string of the molecule is CCCCOCC(=O)N1CCC(O)(CN2CCCC2)CC1. The van der Waals surface area contributed by atoms with E-state index in [0.717, 1.165) is 32.5 Å². The standard InChI is InChI=1S/C16H30N2O3/c1-2-3-12-21-13-15(19)18-10-6-16(20,7-11-18)14-17-8-4-5-9-17/h20H,2-14H2,1H3. The number of amides is 1. The molecule has 2 saturated heterocycles. The first-order valence-corrected chi connectivity index (χ1v) is 8.43. The highest BCUT2D eigenvalue weighted by atomic mass is 16.5. The molecule has 122 valence electrons. The van der Waals surface area contributed by atoms with E-state index in [1.54, 1.807) is 0 Å². The Morgan fingerprint density at radius 3 is 2.48 bits per heavy atom. The summed E-state index contributed by atoms with van der Waals surface area (Å²) in [7, 11) is 0. The molecule has 5 heteroatoms. The van der Waals surface area contributed by atoms with E-state index in [0.29, 0.717) is 32.5 Å². The number of aliphatic hydroxyl groups is 1. The zero-order chi connectivity index (χ0) is 15.1. The number of rotatable bonds is 7. The monoisotopic (exact) mass is 298 g/mol. The van der Waals surface area contributed by atoms with Gasteiger partial charge in [-0.1, -0.05) is 13.3 Å². The van der Waals surface area contributed by atoms with Crippen molar-refractivity contribution < 1.29 is 14.6 Å². The van der Waals surface area contributed by atoms with Gasteiger partial charge in [0.25, 0.3) is 0 Å². The molecule has 0 radical (unpaired) electrons. The first-order chi connectivity index (χ1) is 10.1. The van der Waals surface area contributed by atoms with Crippen LogP contribution in [0.2, 0.25) is 0 Å². The Hall–Kier alpha value is -0.650. The van der Waals surface area contributed by atoms with Crippen LogP contribution < -0.4 is 0 Å². The maximum absolute atomic E-state index is 12.0. The van der Waals surface area contributed by atoms with Gasteiger partial charge in [-0.05, 0) is 45.2 Å². The summed E-state index contributed by atoms with van der Waals surface area (Å²) in [6.45, 7) is 7.24. The number of hydrogen-bond acceptors (Lipinski definition) is 4. The lowest BCUT2D eigenvalue weighted by molar-refractivity contribution is -0.140. The van der Waals surface area contributed by atoms with Crippen LogP contribution in [0, 0.1) is 0 Å². The van der Waals surface area contributed by atoms with E-state index >= 15 is 0 Å². The summed E-state index contributed by atoms with van der Waals surface area (Å²) in [6, 6.07) is 0. The summed E-state index contributed by atoms with van der Waals surface area (Å²) < 4.78 is 5.39. The van der Waals surface area contributed by atoms with E-state index in [-0.39, 0.29) is 12.5 Å². The van der Waals surface area contributed by atoms with Crippen molar-refractivity contribution >= 4 is 5.91 Å². The quantitative estimate of drug-likeness (QED) is 0.719. The number of carbonyl (C=O) groups excluding carboxylic acids is 1. The lowest BCUT2D eigenvalue weighted by Crippen LogP contribution is -2.52. The first-order valence-electron chi connectivity index (χ1n) is 8.43. The molecule has 21 heavy (non-hydrogen) atoms. The Balaban J connectivity index is 1.67. The van der Waals surface area contributed by atoms with Crippen LogP contribution in [-0.2, 0) is 9.53 Å². The van der Waals surface area contributed by atoms with Crippen molar-refractivity contribution in [3.8, 4) is 0 Å². The molecule has 2 aliphatic rings. The second-order valence-electron chi connectivity index (χ2n) is 6.49. The minimum Gasteiger partial charge on any atom is -0.388 e. The largest absolute Gasteiger partial charge is 0.388 e. The summed E-state index contributed by atoms with van der Waals surface area (Å²) in [5.74, 6) is 0.0642. The Labute approximate surface area is 128 Å². The van der Waals surface area contributed by atoms with E-state index in [1.807, 2.05) is 4.90 Å². The first kappa shape index (κ1) is 16.7. The van der Waals surface area contributed by atoms with Gasteiger partial charge in [0, 0.05) is 26.2 Å². The Morgan fingerprint density at radius 1 is 1.19 bits per heavy atom. The van der Waals surface area contributed by atoms with Gasteiger partial charge < -0.3 is 19.6 Å².